The van der Waals surface area contributed by atoms with E-state index in [1.807, 2.05) is 12.1 Å². The molecular weight excluding hydrogens is 230 g/mol. The lowest BCUT2D eigenvalue weighted by molar-refractivity contribution is -0.145. The maximum Gasteiger partial charge on any atom is 0.244 e. The van der Waals surface area contributed by atoms with Gasteiger partial charge in [-0.25, -0.2) is 0 Å². The minimum absolute atomic E-state index is 0.532. The Morgan fingerprint density at radius 2 is 1.39 bits per heavy atom. The van der Waals surface area contributed by atoms with Crippen LogP contribution in [0.4, 0.5) is 0 Å². The van der Waals surface area contributed by atoms with Crippen LogP contribution >= 0.6 is 0 Å². The van der Waals surface area contributed by atoms with Crippen LogP contribution in [-0.2, 0) is 9.59 Å². The minimum Gasteiger partial charge on any atom is -0.294 e. The second kappa shape index (κ2) is 4.78. The molecule has 1 saturated heterocycles. The summed E-state index contributed by atoms with van der Waals surface area (Å²) in [7, 11) is 0. The average Bonchev–Trinajstić information content (AvgIpc) is 2.56. The summed E-state index contributed by atoms with van der Waals surface area (Å²) in [5, 5.41) is 20.6. The fraction of sp³-hybridized carbons (Fsp3) is 0.692. The van der Waals surface area contributed by atoms with E-state index < -0.39 is 29.1 Å². The second-order valence-corrected chi connectivity index (χ2v) is 5.13. The van der Waals surface area contributed by atoms with Crippen molar-refractivity contribution in [3.63, 3.8) is 0 Å². The summed E-state index contributed by atoms with van der Waals surface area (Å²) in [4.78, 5) is 23.6. The van der Waals surface area contributed by atoms with Gasteiger partial charge in [0.2, 0.25) is 11.8 Å². The monoisotopic (exact) mass is 245 g/mol. The van der Waals surface area contributed by atoms with Crippen molar-refractivity contribution in [3.05, 3.63) is 0 Å². The van der Waals surface area contributed by atoms with Crippen LogP contribution in [0.2, 0.25) is 0 Å². The van der Waals surface area contributed by atoms with Gasteiger partial charge >= 0.3 is 0 Å². The van der Waals surface area contributed by atoms with Crippen molar-refractivity contribution < 1.29 is 9.59 Å². The van der Waals surface area contributed by atoms with Gasteiger partial charge in [-0.05, 0) is 12.8 Å². The van der Waals surface area contributed by atoms with Gasteiger partial charge in [0.15, 0.2) is 0 Å². The molecule has 0 bridgehead atoms. The van der Waals surface area contributed by atoms with E-state index >= 15 is 0 Å². The van der Waals surface area contributed by atoms with Crippen LogP contribution in [0.5, 0.6) is 0 Å². The first-order chi connectivity index (χ1) is 8.65. The molecule has 1 N–H and O–H groups in total. The number of hydrogen-bond donors (Lipinski definition) is 1. The molecule has 0 unspecified atom stereocenters. The summed E-state index contributed by atoms with van der Waals surface area (Å²) >= 11 is 0. The summed E-state index contributed by atoms with van der Waals surface area (Å²) < 4.78 is 0. The molecule has 1 aliphatic heterocycles. The van der Waals surface area contributed by atoms with Crippen LogP contribution in [0.15, 0.2) is 0 Å². The summed E-state index contributed by atoms with van der Waals surface area (Å²) in [6.07, 6.45) is 5.04. The van der Waals surface area contributed by atoms with Gasteiger partial charge in [0.25, 0.3) is 0 Å². The molecule has 0 aromatic rings. The zero-order chi connectivity index (χ0) is 13.2. The quantitative estimate of drug-likeness (QED) is 0.650. The van der Waals surface area contributed by atoms with E-state index in [1.165, 1.54) is 0 Å². The van der Waals surface area contributed by atoms with E-state index in [0.29, 0.717) is 12.8 Å². The third-order valence-corrected chi connectivity index (χ3v) is 4.21. The third-order valence-electron chi connectivity index (χ3n) is 4.21. The molecule has 1 saturated carbocycles. The molecule has 5 nitrogen and oxygen atoms in total. The van der Waals surface area contributed by atoms with E-state index in [2.05, 4.69) is 5.32 Å². The lowest BCUT2D eigenvalue weighted by Gasteiger charge is -2.42. The lowest BCUT2D eigenvalue weighted by Crippen LogP contribution is -2.57. The number of hydrogen-bond acceptors (Lipinski definition) is 4. The molecule has 5 heteroatoms. The third kappa shape index (κ3) is 1.76. The smallest absolute Gasteiger partial charge is 0.244 e. The van der Waals surface area contributed by atoms with Gasteiger partial charge < -0.3 is 0 Å². The van der Waals surface area contributed by atoms with E-state index in [9.17, 15) is 20.1 Å². The number of rotatable bonds is 0. The molecular formula is C13H15N3O2. The van der Waals surface area contributed by atoms with Gasteiger partial charge in [-0.1, -0.05) is 25.7 Å². The Balaban J connectivity index is 2.46. The Labute approximate surface area is 106 Å². The maximum atomic E-state index is 11.8. The summed E-state index contributed by atoms with van der Waals surface area (Å²) in [5.74, 6) is -2.82. The van der Waals surface area contributed by atoms with Crippen LogP contribution in [-0.4, -0.2) is 11.8 Å². The van der Waals surface area contributed by atoms with Crippen molar-refractivity contribution in [1.82, 2.24) is 5.32 Å². The van der Waals surface area contributed by atoms with Gasteiger partial charge in [-0.3, -0.25) is 14.9 Å². The van der Waals surface area contributed by atoms with Crippen molar-refractivity contribution in [2.75, 3.05) is 0 Å². The fourth-order valence-corrected chi connectivity index (χ4v) is 3.29. The highest BCUT2D eigenvalue weighted by Crippen LogP contribution is 2.49. The van der Waals surface area contributed by atoms with Crippen molar-refractivity contribution in [3.8, 4) is 12.1 Å². The Morgan fingerprint density at radius 1 is 0.944 bits per heavy atom. The molecule has 0 radical (unpaired) electrons. The molecule has 1 heterocycles. The van der Waals surface area contributed by atoms with Gasteiger partial charge in [0.05, 0.1) is 12.1 Å². The summed E-state index contributed by atoms with van der Waals surface area (Å²) in [5.41, 5.74) is -0.764. The zero-order valence-corrected chi connectivity index (χ0v) is 10.1. The van der Waals surface area contributed by atoms with Crippen molar-refractivity contribution in [2.45, 2.75) is 38.5 Å². The van der Waals surface area contributed by atoms with Crippen molar-refractivity contribution in [2.24, 2.45) is 17.3 Å². The van der Waals surface area contributed by atoms with E-state index in [4.69, 9.17) is 0 Å². The summed E-state index contributed by atoms with van der Waals surface area (Å²) in [6, 6.07) is 4.02. The Bertz CT molecular complexity index is 416. The predicted molar refractivity (Wildman–Crippen MR) is 61.5 cm³/mol. The standard InChI is InChI=1S/C13H15N3O2/c14-7-9-11(17)16-12(18)10(8-15)13(9)5-3-1-2-4-6-13/h9-10H,1-6H2,(H,16,17,18)/t9-,10-/m0/s1. The van der Waals surface area contributed by atoms with Crippen molar-refractivity contribution >= 4 is 11.8 Å². The Kier molecular flexibility index (Phi) is 3.34. The Hall–Kier alpha value is -1.88. The summed E-state index contributed by atoms with van der Waals surface area (Å²) in [6.45, 7) is 0. The van der Waals surface area contributed by atoms with Gasteiger partial charge in [-0.15, -0.1) is 0 Å². The second-order valence-electron chi connectivity index (χ2n) is 5.13. The maximum absolute atomic E-state index is 11.8. The number of imide groups is 1. The van der Waals surface area contributed by atoms with Crippen LogP contribution in [0.25, 0.3) is 0 Å². The van der Waals surface area contributed by atoms with Crippen LogP contribution < -0.4 is 5.32 Å². The van der Waals surface area contributed by atoms with Gasteiger partial charge in [-0.2, -0.15) is 10.5 Å². The largest absolute Gasteiger partial charge is 0.294 e. The first-order valence-electron chi connectivity index (χ1n) is 6.29. The Morgan fingerprint density at radius 3 is 1.78 bits per heavy atom. The highest BCUT2D eigenvalue weighted by molar-refractivity contribution is 6.03. The first-order valence-corrected chi connectivity index (χ1v) is 6.29. The number of carbonyl (C=O) groups excluding carboxylic acids is 2. The number of carbonyl (C=O) groups is 2. The molecule has 2 rings (SSSR count). The lowest BCUT2D eigenvalue weighted by atomic mass is 9.60. The molecule has 18 heavy (non-hydrogen) atoms. The molecule has 1 spiro atoms. The highest BCUT2D eigenvalue weighted by Gasteiger charge is 2.55. The highest BCUT2D eigenvalue weighted by atomic mass is 16.2. The number of nitriles is 2. The topological polar surface area (TPSA) is 93.8 Å². The minimum atomic E-state index is -0.877. The SMILES string of the molecule is N#C[C@H]1C(=O)NC(=O)[C@H](C#N)C12CCCCCC2. The molecule has 2 aliphatic rings. The number of amides is 2. The molecule has 1 aliphatic carbocycles. The molecule has 2 fully saturated rings. The normalized spacial score (nSPS) is 31.0. The first kappa shape index (κ1) is 12.6. The van der Waals surface area contributed by atoms with Crippen LogP contribution in [0.1, 0.15) is 38.5 Å². The van der Waals surface area contributed by atoms with E-state index in [1.54, 1.807) is 0 Å². The average molecular weight is 245 g/mol. The molecule has 2 amide bonds. The molecule has 94 valence electrons. The van der Waals surface area contributed by atoms with Crippen molar-refractivity contribution in [1.29, 1.82) is 10.5 Å². The van der Waals surface area contributed by atoms with E-state index in [0.717, 1.165) is 25.7 Å². The zero-order valence-electron chi connectivity index (χ0n) is 10.1. The van der Waals surface area contributed by atoms with Crippen LogP contribution in [0, 0.1) is 39.9 Å². The molecule has 0 aromatic carbocycles. The van der Waals surface area contributed by atoms with Gasteiger partial charge in [0.1, 0.15) is 11.8 Å². The molecule has 0 aromatic heterocycles. The number of nitrogens with one attached hydrogen (secondary N) is 1. The van der Waals surface area contributed by atoms with E-state index in [-0.39, 0.29) is 0 Å². The molecule has 2 atom stereocenters. The fourth-order valence-electron chi connectivity index (χ4n) is 3.29. The van der Waals surface area contributed by atoms with Gasteiger partial charge in [0, 0.05) is 5.41 Å². The van der Waals surface area contributed by atoms with Crippen LogP contribution in [0.3, 0.4) is 0 Å². The number of piperidine rings is 1. The number of nitrogens with zero attached hydrogens (tertiary/aromatic N) is 2. The predicted octanol–water partition coefficient (Wildman–Crippen LogP) is 1.26.